The predicted molar refractivity (Wildman–Crippen MR) is 93.3 cm³/mol. The number of benzene rings is 1. The average Bonchev–Trinajstić information content (AvgIpc) is 3.29. The number of likely N-dealkylation sites (tertiary alicyclic amines) is 1. The average molecular weight is 325 g/mol. The van der Waals surface area contributed by atoms with E-state index in [-0.39, 0.29) is 5.97 Å². The van der Waals surface area contributed by atoms with Crippen LogP contribution in [0.4, 0.5) is 0 Å². The first-order valence-electron chi connectivity index (χ1n) is 8.34. The van der Waals surface area contributed by atoms with Crippen LogP contribution in [0, 0.1) is 0 Å². The highest BCUT2D eigenvalue weighted by atomic mass is 16.5. The first-order valence-corrected chi connectivity index (χ1v) is 8.34. The molecule has 0 aliphatic carbocycles. The molecular weight excluding hydrogens is 302 g/mol. The third-order valence-electron chi connectivity index (χ3n) is 4.54. The Morgan fingerprint density at radius 2 is 2.25 bits per heavy atom. The number of H-pyrrole nitrogens is 1. The van der Waals surface area contributed by atoms with E-state index in [1.807, 2.05) is 12.4 Å². The standard InChI is InChI=1S/C19H23N3O2/c1-24-19(23)9-6-15-4-7-17(8-5-15)18-3-2-11-22(18)12-10-16-13-20-21-14-16/h4-9,13-14,18H,2-3,10-12H2,1H3,(H,20,21). The fraction of sp³-hybridized carbons (Fsp3) is 0.368. The maximum absolute atomic E-state index is 11.2. The van der Waals surface area contributed by atoms with Gasteiger partial charge in [-0.2, -0.15) is 5.10 Å². The van der Waals surface area contributed by atoms with Gasteiger partial charge in [-0.25, -0.2) is 4.79 Å². The Morgan fingerprint density at radius 3 is 2.96 bits per heavy atom. The molecule has 1 aliphatic heterocycles. The van der Waals surface area contributed by atoms with Crippen molar-refractivity contribution in [2.75, 3.05) is 20.2 Å². The molecule has 0 spiro atoms. The molecule has 1 saturated heterocycles. The highest BCUT2D eigenvalue weighted by molar-refractivity contribution is 5.86. The van der Waals surface area contributed by atoms with E-state index >= 15 is 0 Å². The van der Waals surface area contributed by atoms with Crippen LogP contribution in [0.5, 0.6) is 0 Å². The van der Waals surface area contributed by atoms with Gasteiger partial charge in [0.2, 0.25) is 0 Å². The summed E-state index contributed by atoms with van der Waals surface area (Å²) in [6.45, 7) is 2.20. The summed E-state index contributed by atoms with van der Waals surface area (Å²) >= 11 is 0. The molecule has 1 N–H and O–H groups in total. The molecule has 0 radical (unpaired) electrons. The maximum atomic E-state index is 11.2. The topological polar surface area (TPSA) is 58.2 Å². The minimum atomic E-state index is -0.333. The summed E-state index contributed by atoms with van der Waals surface area (Å²) in [5, 5.41) is 6.88. The molecule has 1 fully saturated rings. The van der Waals surface area contributed by atoms with Crippen molar-refractivity contribution < 1.29 is 9.53 Å². The van der Waals surface area contributed by atoms with E-state index in [1.165, 1.54) is 37.2 Å². The number of nitrogens with zero attached hydrogens (tertiary/aromatic N) is 2. The van der Waals surface area contributed by atoms with Gasteiger partial charge in [0.15, 0.2) is 0 Å². The number of nitrogens with one attached hydrogen (secondary N) is 1. The molecule has 5 nitrogen and oxygen atoms in total. The molecule has 2 aromatic rings. The van der Waals surface area contributed by atoms with Crippen LogP contribution in [0.1, 0.15) is 35.6 Å². The van der Waals surface area contributed by atoms with Gasteiger partial charge < -0.3 is 4.74 Å². The van der Waals surface area contributed by atoms with Gasteiger partial charge in [-0.05, 0) is 48.6 Å². The number of ether oxygens (including phenoxy) is 1. The smallest absolute Gasteiger partial charge is 0.330 e. The van der Waals surface area contributed by atoms with Crippen LogP contribution >= 0.6 is 0 Å². The predicted octanol–water partition coefficient (Wildman–Crippen LogP) is 2.98. The van der Waals surface area contributed by atoms with Gasteiger partial charge in [0.1, 0.15) is 0 Å². The Hall–Kier alpha value is -2.40. The summed E-state index contributed by atoms with van der Waals surface area (Å²) in [4.78, 5) is 13.7. The zero-order chi connectivity index (χ0) is 16.8. The van der Waals surface area contributed by atoms with E-state index in [2.05, 4.69) is 44.1 Å². The van der Waals surface area contributed by atoms with Crippen LogP contribution in [0.25, 0.3) is 6.08 Å². The molecule has 0 saturated carbocycles. The minimum Gasteiger partial charge on any atom is -0.466 e. The molecule has 3 rings (SSSR count). The first-order chi connectivity index (χ1) is 11.8. The van der Waals surface area contributed by atoms with Crippen molar-refractivity contribution in [1.82, 2.24) is 15.1 Å². The second-order valence-corrected chi connectivity index (χ2v) is 6.07. The summed E-state index contributed by atoms with van der Waals surface area (Å²) in [5.74, 6) is -0.333. The molecular formula is C19H23N3O2. The summed E-state index contributed by atoms with van der Waals surface area (Å²) in [7, 11) is 1.38. The summed E-state index contributed by atoms with van der Waals surface area (Å²) in [6, 6.07) is 8.92. The van der Waals surface area contributed by atoms with Gasteiger partial charge in [0.05, 0.1) is 13.3 Å². The second kappa shape index (κ2) is 7.93. The Bertz CT molecular complexity index is 677. The lowest BCUT2D eigenvalue weighted by atomic mass is 10.0. The lowest BCUT2D eigenvalue weighted by molar-refractivity contribution is -0.134. The van der Waals surface area contributed by atoms with E-state index in [1.54, 1.807) is 6.08 Å². The first kappa shape index (κ1) is 16.5. The van der Waals surface area contributed by atoms with Crippen LogP contribution < -0.4 is 0 Å². The number of hydrogen-bond acceptors (Lipinski definition) is 4. The fourth-order valence-electron chi connectivity index (χ4n) is 3.22. The van der Waals surface area contributed by atoms with Gasteiger partial charge in [0.25, 0.3) is 0 Å². The molecule has 126 valence electrons. The van der Waals surface area contributed by atoms with Gasteiger partial charge in [-0.3, -0.25) is 10.00 Å². The van der Waals surface area contributed by atoms with E-state index in [4.69, 9.17) is 0 Å². The quantitative estimate of drug-likeness (QED) is 0.655. The Kier molecular flexibility index (Phi) is 5.43. The van der Waals surface area contributed by atoms with Gasteiger partial charge >= 0.3 is 5.97 Å². The molecule has 5 heteroatoms. The number of carbonyl (C=O) groups is 1. The van der Waals surface area contributed by atoms with E-state index < -0.39 is 0 Å². The number of aromatic nitrogens is 2. The summed E-state index contributed by atoms with van der Waals surface area (Å²) < 4.78 is 4.61. The second-order valence-electron chi connectivity index (χ2n) is 6.07. The molecule has 2 heterocycles. The van der Waals surface area contributed by atoms with Crippen molar-refractivity contribution in [3.63, 3.8) is 0 Å². The van der Waals surface area contributed by atoms with Crippen molar-refractivity contribution in [1.29, 1.82) is 0 Å². The third-order valence-corrected chi connectivity index (χ3v) is 4.54. The fourth-order valence-corrected chi connectivity index (χ4v) is 3.22. The number of methoxy groups -OCH3 is 1. The van der Waals surface area contributed by atoms with Crippen LogP contribution in [-0.4, -0.2) is 41.3 Å². The number of esters is 1. The molecule has 0 bridgehead atoms. The van der Waals surface area contributed by atoms with Gasteiger partial charge in [-0.1, -0.05) is 24.3 Å². The van der Waals surface area contributed by atoms with Crippen LogP contribution in [-0.2, 0) is 16.0 Å². The zero-order valence-electron chi connectivity index (χ0n) is 13.9. The minimum absolute atomic E-state index is 0.333. The molecule has 1 aliphatic rings. The lowest BCUT2D eigenvalue weighted by Crippen LogP contribution is -2.25. The number of carbonyl (C=O) groups excluding carboxylic acids is 1. The van der Waals surface area contributed by atoms with Gasteiger partial charge in [0, 0.05) is 24.9 Å². The molecule has 24 heavy (non-hydrogen) atoms. The van der Waals surface area contributed by atoms with Crippen molar-refractivity contribution in [3.8, 4) is 0 Å². The van der Waals surface area contributed by atoms with Gasteiger partial charge in [-0.15, -0.1) is 0 Å². The SMILES string of the molecule is COC(=O)C=Cc1ccc(C2CCCN2CCc2cn[nH]c2)cc1. The monoisotopic (exact) mass is 325 g/mol. The highest BCUT2D eigenvalue weighted by Crippen LogP contribution is 2.32. The summed E-state index contributed by atoms with van der Waals surface area (Å²) in [6.07, 6.45) is 10.5. The normalized spacial score (nSPS) is 18.3. The number of hydrogen-bond donors (Lipinski definition) is 1. The summed E-state index contributed by atoms with van der Waals surface area (Å²) in [5.41, 5.74) is 3.60. The van der Waals surface area contributed by atoms with E-state index in [9.17, 15) is 4.79 Å². The molecule has 0 amide bonds. The van der Waals surface area contributed by atoms with Crippen LogP contribution in [0.2, 0.25) is 0 Å². The van der Waals surface area contributed by atoms with Crippen molar-refractivity contribution in [2.45, 2.75) is 25.3 Å². The Balaban J connectivity index is 1.62. The number of rotatable bonds is 6. The molecule has 1 unspecified atom stereocenters. The van der Waals surface area contributed by atoms with Crippen molar-refractivity contribution >= 4 is 12.0 Å². The Morgan fingerprint density at radius 1 is 1.42 bits per heavy atom. The van der Waals surface area contributed by atoms with E-state index in [0.29, 0.717) is 6.04 Å². The molecule has 1 aromatic heterocycles. The zero-order valence-corrected chi connectivity index (χ0v) is 13.9. The van der Waals surface area contributed by atoms with Crippen molar-refractivity contribution in [3.05, 3.63) is 59.4 Å². The largest absolute Gasteiger partial charge is 0.466 e. The van der Waals surface area contributed by atoms with Crippen LogP contribution in [0.15, 0.2) is 42.7 Å². The molecule has 1 atom stereocenters. The maximum Gasteiger partial charge on any atom is 0.330 e. The highest BCUT2D eigenvalue weighted by Gasteiger charge is 2.25. The van der Waals surface area contributed by atoms with Crippen LogP contribution in [0.3, 0.4) is 0 Å². The van der Waals surface area contributed by atoms with Crippen molar-refractivity contribution in [2.24, 2.45) is 0 Å². The number of aromatic amines is 1. The molecule has 1 aromatic carbocycles. The lowest BCUT2D eigenvalue weighted by Gasteiger charge is -2.24. The Labute approximate surface area is 142 Å². The third kappa shape index (κ3) is 4.11. The van der Waals surface area contributed by atoms with E-state index in [0.717, 1.165) is 25.1 Å².